The number of carbonyl (C=O) groups excluding carboxylic acids is 6. The number of rotatable bonds is 24. The van der Waals surface area contributed by atoms with Crippen LogP contribution in [0.15, 0.2) is 83.0 Å². The maximum Gasteiger partial charge on any atom is 0.243 e. The molecule has 17 heteroatoms. The molecule has 7 rings (SSSR count). The summed E-state index contributed by atoms with van der Waals surface area (Å²) in [5, 5.41) is 28.3. The minimum atomic E-state index is -0.847. The maximum atomic E-state index is 14.1. The number of benzene rings is 2. The number of pyridine rings is 1. The highest BCUT2D eigenvalue weighted by atomic mass is 32.1. The van der Waals surface area contributed by atoms with Crippen LogP contribution in [0.2, 0.25) is 0 Å². The molecule has 2 aromatic carbocycles. The molecule has 4 aromatic rings. The number of ketones is 3. The first-order valence-electron chi connectivity index (χ1n) is 27.5. The molecule has 3 atom stereocenters. The van der Waals surface area contributed by atoms with E-state index in [2.05, 4.69) is 30.7 Å². The van der Waals surface area contributed by atoms with Crippen molar-refractivity contribution < 1.29 is 33.9 Å². The molecule has 2 fully saturated rings. The molecular formula is C61H79N9O7S. The number of hydrogen-bond donors (Lipinski definition) is 5. The number of piperazine rings is 1. The highest BCUT2D eigenvalue weighted by Crippen LogP contribution is 2.35. The maximum absolute atomic E-state index is 14.1. The van der Waals surface area contributed by atoms with E-state index in [4.69, 9.17) is 10.4 Å². The van der Waals surface area contributed by atoms with Gasteiger partial charge in [-0.25, -0.2) is 9.97 Å². The van der Waals surface area contributed by atoms with E-state index < -0.39 is 23.5 Å². The minimum Gasteiger partial charge on any atom is -0.391 e. The van der Waals surface area contributed by atoms with E-state index in [0.29, 0.717) is 67.6 Å². The van der Waals surface area contributed by atoms with Gasteiger partial charge in [-0.05, 0) is 111 Å². The van der Waals surface area contributed by atoms with Gasteiger partial charge in [0, 0.05) is 138 Å². The van der Waals surface area contributed by atoms with Gasteiger partial charge in [0.25, 0.3) is 0 Å². The van der Waals surface area contributed by atoms with Gasteiger partial charge >= 0.3 is 0 Å². The van der Waals surface area contributed by atoms with Crippen molar-refractivity contribution in [1.29, 1.82) is 5.41 Å². The number of allylic oxidation sites excluding steroid dienone is 4. The fourth-order valence-corrected chi connectivity index (χ4v) is 11.5. The molecule has 4 heterocycles. The molecule has 5 N–H and O–H groups in total. The first kappa shape index (κ1) is 59.0. The summed E-state index contributed by atoms with van der Waals surface area (Å²) in [4.78, 5) is 96.8. The Morgan fingerprint density at radius 3 is 2.26 bits per heavy atom. The number of aliphatic hydroxyl groups excluding tert-OH is 1. The lowest BCUT2D eigenvalue weighted by molar-refractivity contribution is -0.146. The van der Waals surface area contributed by atoms with Crippen LogP contribution in [-0.2, 0) is 30.5 Å². The van der Waals surface area contributed by atoms with Crippen molar-refractivity contribution in [2.75, 3.05) is 56.0 Å². The van der Waals surface area contributed by atoms with Gasteiger partial charge in [-0.15, -0.1) is 11.3 Å². The van der Waals surface area contributed by atoms with Crippen molar-refractivity contribution >= 4 is 64.1 Å². The van der Waals surface area contributed by atoms with Gasteiger partial charge in [0.05, 0.1) is 22.2 Å². The Labute approximate surface area is 464 Å². The van der Waals surface area contributed by atoms with Gasteiger partial charge in [-0.3, -0.25) is 33.7 Å². The number of nitrogens with zero attached hydrogens (tertiary/aromatic N) is 5. The van der Waals surface area contributed by atoms with E-state index in [9.17, 15) is 33.9 Å². The number of Topliss-reactive ketones (excluding diaryl/α,β-unsaturated/α-hetero) is 3. The van der Waals surface area contributed by atoms with Crippen LogP contribution in [0.5, 0.6) is 0 Å². The summed E-state index contributed by atoms with van der Waals surface area (Å²) in [6.07, 6.45) is 6.83. The van der Waals surface area contributed by atoms with E-state index in [-0.39, 0.29) is 79.9 Å². The van der Waals surface area contributed by atoms with Crippen LogP contribution in [0.1, 0.15) is 133 Å². The zero-order valence-electron chi connectivity index (χ0n) is 46.8. The number of hydrogen-bond acceptors (Lipinski definition) is 14. The second-order valence-corrected chi connectivity index (χ2v) is 23.5. The molecule has 3 aliphatic rings. The van der Waals surface area contributed by atoms with Crippen LogP contribution in [0, 0.1) is 23.7 Å². The number of likely N-dealkylation sites (tertiary alicyclic amines) is 1. The predicted octanol–water partition coefficient (Wildman–Crippen LogP) is 8.90. The van der Waals surface area contributed by atoms with E-state index in [1.165, 1.54) is 11.1 Å². The molecule has 2 saturated heterocycles. The third-order valence-corrected chi connectivity index (χ3v) is 16.1. The largest absolute Gasteiger partial charge is 0.391 e. The van der Waals surface area contributed by atoms with E-state index in [1.807, 2.05) is 122 Å². The van der Waals surface area contributed by atoms with Gasteiger partial charge in [0.1, 0.15) is 17.6 Å². The first-order valence-corrected chi connectivity index (χ1v) is 28.4. The molecule has 0 saturated carbocycles. The van der Waals surface area contributed by atoms with E-state index >= 15 is 0 Å². The Balaban J connectivity index is 0.820. The Morgan fingerprint density at radius 1 is 0.897 bits per heavy atom. The summed E-state index contributed by atoms with van der Waals surface area (Å²) in [7, 11) is 0. The SMILES string of the molecule is CC1=CC(C)=C(CCC(=O)c2cc(-c3ccc(N4CCN(CCNC(=O)CCCCC(=O)C[C@H](C(=O)N5C[C@H](O)C[C@H]5C(=O)NCc5ccc(-c6scnc6C)cc5)C(C)(C)C)CC4)nc3)cc(NC(C)C)c2C=N)C(=O)C1. The quantitative estimate of drug-likeness (QED) is 0.0253. The van der Waals surface area contributed by atoms with Crippen molar-refractivity contribution in [2.45, 2.75) is 138 Å². The van der Waals surface area contributed by atoms with Gasteiger partial charge < -0.3 is 36.3 Å². The molecule has 1 aliphatic carbocycles. The second kappa shape index (κ2) is 26.8. The Morgan fingerprint density at radius 2 is 1.62 bits per heavy atom. The van der Waals surface area contributed by atoms with Crippen LogP contribution in [0.4, 0.5) is 11.5 Å². The van der Waals surface area contributed by atoms with Crippen molar-refractivity contribution in [3.63, 3.8) is 0 Å². The molecule has 2 aliphatic heterocycles. The third kappa shape index (κ3) is 15.5. The molecule has 0 bridgehead atoms. The Kier molecular flexibility index (Phi) is 20.2. The Hall–Kier alpha value is -6.69. The zero-order chi connectivity index (χ0) is 56.3. The molecule has 0 spiro atoms. The van der Waals surface area contributed by atoms with Crippen LogP contribution in [0.3, 0.4) is 0 Å². The predicted molar refractivity (Wildman–Crippen MR) is 309 cm³/mol. The lowest BCUT2D eigenvalue weighted by Gasteiger charge is -2.35. The fraction of sp³-hybridized carbons (Fsp3) is 0.492. The number of carbonyl (C=O) groups is 6. The van der Waals surface area contributed by atoms with Gasteiger partial charge in [-0.1, -0.05) is 56.7 Å². The second-order valence-electron chi connectivity index (χ2n) is 22.6. The first-order chi connectivity index (χ1) is 37.2. The van der Waals surface area contributed by atoms with Crippen LogP contribution in [0.25, 0.3) is 21.6 Å². The molecule has 0 unspecified atom stereocenters. The smallest absolute Gasteiger partial charge is 0.243 e. The van der Waals surface area contributed by atoms with E-state index in [1.54, 1.807) is 11.3 Å². The van der Waals surface area contributed by atoms with E-state index in [0.717, 1.165) is 76.0 Å². The Bertz CT molecular complexity index is 2890. The lowest BCUT2D eigenvalue weighted by Crippen LogP contribution is -2.50. The minimum absolute atomic E-state index is 0.0155. The van der Waals surface area contributed by atoms with Crippen molar-refractivity contribution in [1.82, 2.24) is 30.4 Å². The number of β-amino-alcohol motifs (C(OH)–C–C–N with tert-alkyl or cyclic N) is 1. The number of aryl methyl sites for hydroxylation is 1. The summed E-state index contributed by atoms with van der Waals surface area (Å²) < 4.78 is 0. The molecule has 3 amide bonds. The van der Waals surface area contributed by atoms with Crippen molar-refractivity contribution in [2.24, 2.45) is 11.3 Å². The summed E-state index contributed by atoms with van der Waals surface area (Å²) in [6, 6.07) is 14.9. The normalized spacial score (nSPS) is 17.5. The molecule has 2 aromatic heterocycles. The van der Waals surface area contributed by atoms with Gasteiger partial charge in [-0.2, -0.15) is 0 Å². The standard InChI is InChI=1S/C61H79N9O7S/c1-38(2)67-52-30-45(29-49(50(52)33-62)54(73)19-18-48-40(4)27-39(3)28-55(48)74)44-17-20-56(64-35-44)69-25-23-68(24-26-69)22-21-63-57(75)12-10-9-11-46(71)31-51(61(6,7)8)60(77)70-36-47(72)32-53(70)59(76)65-34-42-13-15-43(16-14-42)58-41(5)66-37-78-58/h13-17,20,27,29-30,33,35,37-38,47,51,53,62,67,72H,9-12,18-19,21-26,28,31-32,34,36H2,1-8H3,(H,63,75)(H,65,76)/t47-,51-,53+/m1/s1. The van der Waals surface area contributed by atoms with Crippen LogP contribution in [-0.4, -0.2) is 130 Å². The highest BCUT2D eigenvalue weighted by Gasteiger charge is 2.44. The third-order valence-electron chi connectivity index (χ3n) is 15.1. The monoisotopic (exact) mass is 1080 g/mol. The van der Waals surface area contributed by atoms with Gasteiger partial charge in [0.15, 0.2) is 11.6 Å². The van der Waals surface area contributed by atoms with Crippen molar-refractivity contribution in [3.05, 3.63) is 105 Å². The number of nitrogens with one attached hydrogen (secondary N) is 4. The number of aliphatic hydroxyl groups is 1. The molecule has 16 nitrogen and oxygen atoms in total. The fourth-order valence-electron chi connectivity index (χ4n) is 10.7. The topological polar surface area (TPSA) is 218 Å². The molecule has 78 heavy (non-hydrogen) atoms. The average molecular weight is 1080 g/mol. The van der Waals surface area contributed by atoms with Crippen LogP contribution < -0.4 is 20.9 Å². The number of unbranched alkanes of at least 4 members (excludes halogenated alkanes) is 1. The number of amides is 3. The molecule has 416 valence electrons. The molecular weight excluding hydrogens is 1000 g/mol. The van der Waals surface area contributed by atoms with Gasteiger partial charge in [0.2, 0.25) is 17.7 Å². The summed E-state index contributed by atoms with van der Waals surface area (Å²) in [5.41, 5.74) is 10.1. The molecule has 0 radical (unpaired) electrons. The summed E-state index contributed by atoms with van der Waals surface area (Å²) in [6.45, 7) is 20.2. The number of anilines is 2. The lowest BCUT2D eigenvalue weighted by atomic mass is 9.76. The number of thiazole rings is 1. The van der Waals surface area contributed by atoms with Crippen molar-refractivity contribution in [3.8, 4) is 21.6 Å². The highest BCUT2D eigenvalue weighted by molar-refractivity contribution is 7.13. The zero-order valence-corrected chi connectivity index (χ0v) is 47.6. The summed E-state index contributed by atoms with van der Waals surface area (Å²) in [5.74, 6) is -0.684. The summed E-state index contributed by atoms with van der Waals surface area (Å²) >= 11 is 1.58. The average Bonchev–Trinajstić information content (AvgIpc) is 4.05. The van der Waals surface area contributed by atoms with Crippen LogP contribution >= 0.6 is 11.3 Å². The number of aromatic nitrogens is 2.